The Balaban J connectivity index is 1.28. The lowest BCUT2D eigenvalue weighted by Gasteiger charge is -2.38. The van der Waals surface area contributed by atoms with Gasteiger partial charge >= 0.3 is 0 Å². The number of ether oxygens (including phenoxy) is 2. The quantitative estimate of drug-likeness (QED) is 0.628. The summed E-state index contributed by atoms with van der Waals surface area (Å²) in [6, 6.07) is 11.8. The van der Waals surface area contributed by atoms with Crippen LogP contribution in [-0.4, -0.2) is 54.2 Å². The van der Waals surface area contributed by atoms with E-state index in [2.05, 4.69) is 30.9 Å². The minimum Gasteiger partial charge on any atom is -0.482 e. The molecule has 1 aromatic heterocycles. The maximum Gasteiger partial charge on any atom is 0.267 e. The minimum absolute atomic E-state index is 0.00681. The first kappa shape index (κ1) is 19.2. The van der Waals surface area contributed by atoms with Gasteiger partial charge in [0.25, 0.3) is 5.91 Å². The molecule has 2 atom stereocenters. The monoisotopic (exact) mass is 423 g/mol. The highest BCUT2D eigenvalue weighted by atomic mass is 32.1. The summed E-state index contributed by atoms with van der Waals surface area (Å²) in [6.45, 7) is 8.96. The number of para-hydroxylation sites is 2. The van der Waals surface area contributed by atoms with Crippen molar-refractivity contribution in [1.29, 1.82) is 0 Å². The van der Waals surface area contributed by atoms with Crippen molar-refractivity contribution < 1.29 is 14.3 Å². The van der Waals surface area contributed by atoms with Gasteiger partial charge in [-0.25, -0.2) is 4.98 Å². The van der Waals surface area contributed by atoms with Gasteiger partial charge in [-0.05, 0) is 44.0 Å². The third-order valence-corrected chi connectivity index (χ3v) is 7.13. The smallest absolute Gasteiger partial charge is 0.267 e. The van der Waals surface area contributed by atoms with E-state index in [0.29, 0.717) is 24.6 Å². The lowest BCUT2D eigenvalue weighted by Crippen LogP contribution is -2.56. The van der Waals surface area contributed by atoms with E-state index < -0.39 is 6.10 Å². The van der Waals surface area contributed by atoms with Gasteiger partial charge in [0, 0.05) is 26.2 Å². The summed E-state index contributed by atoms with van der Waals surface area (Å²) in [5.41, 5.74) is 3.56. The van der Waals surface area contributed by atoms with E-state index in [1.807, 2.05) is 36.1 Å². The van der Waals surface area contributed by atoms with Crippen LogP contribution in [0.25, 0.3) is 10.2 Å². The summed E-state index contributed by atoms with van der Waals surface area (Å²) in [5, 5.41) is 1.04. The number of rotatable bonds is 2. The lowest BCUT2D eigenvalue weighted by molar-refractivity contribution is -0.144. The van der Waals surface area contributed by atoms with Crippen LogP contribution < -0.4 is 14.4 Å². The van der Waals surface area contributed by atoms with Crippen molar-refractivity contribution in [3.8, 4) is 11.5 Å². The molecule has 0 saturated carbocycles. The molecule has 30 heavy (non-hydrogen) atoms. The Labute approximate surface area is 180 Å². The average molecular weight is 424 g/mol. The van der Waals surface area contributed by atoms with Gasteiger partial charge < -0.3 is 19.3 Å². The minimum atomic E-state index is -0.612. The maximum absolute atomic E-state index is 13.1. The first-order chi connectivity index (χ1) is 14.5. The molecule has 1 saturated heterocycles. The number of carbonyl (C=O) groups is 1. The molecule has 0 N–H and O–H groups in total. The van der Waals surface area contributed by atoms with E-state index in [9.17, 15) is 4.79 Å². The molecule has 0 radical (unpaired) electrons. The third kappa shape index (κ3) is 3.27. The molecule has 0 spiro atoms. The fraction of sp³-hybridized carbons (Fsp3) is 0.391. The molecule has 0 aliphatic carbocycles. The number of carbonyl (C=O) groups excluding carboxylic acids is 1. The van der Waals surface area contributed by atoms with Gasteiger partial charge in [0.15, 0.2) is 16.6 Å². The molecule has 2 aliphatic rings. The Morgan fingerprint density at radius 1 is 1.00 bits per heavy atom. The van der Waals surface area contributed by atoms with E-state index in [4.69, 9.17) is 14.5 Å². The molecule has 2 unspecified atom stereocenters. The Morgan fingerprint density at radius 2 is 1.67 bits per heavy atom. The number of hydrogen-bond donors (Lipinski definition) is 0. The highest BCUT2D eigenvalue weighted by molar-refractivity contribution is 7.22. The number of fused-ring (bicyclic) bond motifs is 2. The summed E-state index contributed by atoms with van der Waals surface area (Å²) in [4.78, 5) is 22.2. The molecule has 2 aliphatic heterocycles. The highest BCUT2D eigenvalue weighted by Crippen LogP contribution is 2.35. The maximum atomic E-state index is 13.1. The highest BCUT2D eigenvalue weighted by Gasteiger charge is 2.37. The van der Waals surface area contributed by atoms with E-state index in [1.165, 1.54) is 15.8 Å². The first-order valence-corrected chi connectivity index (χ1v) is 11.2. The summed E-state index contributed by atoms with van der Waals surface area (Å²) in [7, 11) is 0. The third-order valence-electron chi connectivity index (χ3n) is 5.88. The zero-order chi connectivity index (χ0) is 20.8. The van der Waals surface area contributed by atoms with Crippen molar-refractivity contribution in [2.45, 2.75) is 33.0 Å². The number of piperazine rings is 1. The van der Waals surface area contributed by atoms with Crippen LogP contribution in [0, 0.1) is 13.8 Å². The molecule has 3 aromatic rings. The number of aryl methyl sites for hydroxylation is 2. The Morgan fingerprint density at radius 3 is 2.37 bits per heavy atom. The molecule has 1 fully saturated rings. The molecule has 0 bridgehead atoms. The summed E-state index contributed by atoms with van der Waals surface area (Å²) in [5.74, 6) is 1.32. The van der Waals surface area contributed by atoms with Gasteiger partial charge in [-0.15, -0.1) is 0 Å². The number of aromatic nitrogens is 1. The van der Waals surface area contributed by atoms with Gasteiger partial charge in [0.1, 0.15) is 6.10 Å². The summed E-state index contributed by atoms with van der Waals surface area (Å²) in [6.07, 6.45) is -0.931. The van der Waals surface area contributed by atoms with E-state index >= 15 is 0 Å². The first-order valence-electron chi connectivity index (χ1n) is 10.3. The van der Waals surface area contributed by atoms with Crippen LogP contribution in [-0.2, 0) is 4.79 Å². The fourth-order valence-electron chi connectivity index (χ4n) is 4.07. The van der Waals surface area contributed by atoms with Gasteiger partial charge in [-0.1, -0.05) is 35.6 Å². The number of thiazole rings is 1. The zero-order valence-corrected chi connectivity index (χ0v) is 18.2. The Kier molecular flexibility index (Phi) is 4.77. The van der Waals surface area contributed by atoms with Crippen LogP contribution in [0.4, 0.5) is 5.13 Å². The van der Waals surface area contributed by atoms with Crippen LogP contribution in [0.1, 0.15) is 18.1 Å². The molecule has 7 heteroatoms. The molecule has 6 nitrogen and oxygen atoms in total. The predicted molar refractivity (Wildman–Crippen MR) is 119 cm³/mol. The molecular formula is C23H25N3O3S. The van der Waals surface area contributed by atoms with E-state index in [1.54, 1.807) is 11.3 Å². The molecule has 5 rings (SSSR count). The lowest BCUT2D eigenvalue weighted by atomic mass is 10.1. The van der Waals surface area contributed by atoms with Gasteiger partial charge in [-0.2, -0.15) is 0 Å². The molecule has 2 aromatic carbocycles. The SMILES string of the molecule is Cc1ccc(C)c2sc(N3CCN(C(=O)C4Oc5ccccc5OC4C)CC3)nc12. The van der Waals surface area contributed by atoms with Gasteiger partial charge in [0.2, 0.25) is 6.10 Å². The molecule has 1 amide bonds. The largest absolute Gasteiger partial charge is 0.482 e. The van der Waals surface area contributed by atoms with Crippen LogP contribution in [0.5, 0.6) is 11.5 Å². The van der Waals surface area contributed by atoms with Crippen LogP contribution >= 0.6 is 11.3 Å². The van der Waals surface area contributed by atoms with Crippen LogP contribution in [0.3, 0.4) is 0 Å². The molecular weight excluding hydrogens is 398 g/mol. The Hall–Kier alpha value is -2.80. The fourth-order valence-corrected chi connectivity index (χ4v) is 5.24. The van der Waals surface area contributed by atoms with Crippen molar-refractivity contribution in [2.75, 3.05) is 31.1 Å². The van der Waals surface area contributed by atoms with Crippen molar-refractivity contribution in [3.05, 3.63) is 47.5 Å². The molecule has 156 valence electrons. The number of nitrogens with zero attached hydrogens (tertiary/aromatic N) is 3. The van der Waals surface area contributed by atoms with E-state index in [0.717, 1.165) is 23.7 Å². The predicted octanol–water partition coefficient (Wildman–Crippen LogP) is 3.79. The van der Waals surface area contributed by atoms with Crippen molar-refractivity contribution in [3.63, 3.8) is 0 Å². The average Bonchev–Trinajstić information content (AvgIpc) is 3.22. The number of amides is 1. The van der Waals surface area contributed by atoms with Gasteiger partial charge in [-0.3, -0.25) is 4.79 Å². The number of hydrogen-bond acceptors (Lipinski definition) is 6. The summed E-state index contributed by atoms with van der Waals surface area (Å²) < 4.78 is 13.2. The topological polar surface area (TPSA) is 54.9 Å². The van der Waals surface area contributed by atoms with Crippen molar-refractivity contribution in [2.24, 2.45) is 0 Å². The zero-order valence-electron chi connectivity index (χ0n) is 17.4. The van der Waals surface area contributed by atoms with Crippen molar-refractivity contribution >= 4 is 32.6 Å². The normalized spacial score (nSPS) is 21.2. The second-order valence-corrected chi connectivity index (χ2v) is 8.97. The standard InChI is InChI=1S/C23H25N3O3S/c1-14-8-9-15(2)21-19(14)24-23(30-21)26-12-10-25(11-13-26)22(27)20-16(3)28-17-6-4-5-7-18(17)29-20/h4-9,16,20H,10-13H2,1-3H3. The Bertz CT molecular complexity index is 1070. The van der Waals surface area contributed by atoms with Gasteiger partial charge in [0.05, 0.1) is 10.2 Å². The van der Waals surface area contributed by atoms with E-state index in [-0.39, 0.29) is 12.0 Å². The number of anilines is 1. The van der Waals surface area contributed by atoms with Crippen LogP contribution in [0.15, 0.2) is 36.4 Å². The second kappa shape index (κ2) is 7.47. The second-order valence-electron chi connectivity index (χ2n) is 7.99. The van der Waals surface area contributed by atoms with Crippen molar-refractivity contribution in [1.82, 2.24) is 9.88 Å². The summed E-state index contributed by atoms with van der Waals surface area (Å²) >= 11 is 1.74. The molecule has 3 heterocycles. The van der Waals surface area contributed by atoms with Crippen LogP contribution in [0.2, 0.25) is 0 Å². The number of benzene rings is 2.